The number of amides is 1. The van der Waals surface area contributed by atoms with E-state index in [4.69, 9.17) is 0 Å². The van der Waals surface area contributed by atoms with Gasteiger partial charge in [-0.2, -0.15) is 0 Å². The third-order valence-electron chi connectivity index (χ3n) is 3.79. The number of hydrogen-bond donors (Lipinski definition) is 2. The highest BCUT2D eigenvalue weighted by molar-refractivity contribution is 5.98. The van der Waals surface area contributed by atoms with Crippen LogP contribution in [-0.4, -0.2) is 29.0 Å². The van der Waals surface area contributed by atoms with E-state index in [1.807, 2.05) is 56.3 Å². The van der Waals surface area contributed by atoms with Crippen LogP contribution in [0.3, 0.4) is 0 Å². The molecule has 2 N–H and O–H groups in total. The minimum Gasteiger partial charge on any atom is -0.368 e. The first kappa shape index (κ1) is 15.9. The molecule has 3 aromatic rings. The fourth-order valence-electron chi connectivity index (χ4n) is 2.55. The Hall–Kier alpha value is -2.95. The molecule has 2 heterocycles. The lowest BCUT2D eigenvalue weighted by atomic mass is 10.1. The number of anilines is 1. The van der Waals surface area contributed by atoms with Crippen LogP contribution in [0.1, 0.15) is 21.6 Å². The average molecular weight is 320 g/mol. The normalized spacial score (nSPS) is 10.6. The maximum absolute atomic E-state index is 12.4. The quantitative estimate of drug-likeness (QED) is 0.709. The van der Waals surface area contributed by atoms with Crippen molar-refractivity contribution in [3.05, 3.63) is 65.5 Å². The molecule has 1 amide bonds. The number of fused-ring (bicyclic) bond motifs is 1. The Morgan fingerprint density at radius 3 is 2.75 bits per heavy atom. The summed E-state index contributed by atoms with van der Waals surface area (Å²) in [5, 5.41) is 7.07. The Balaban J connectivity index is 1.64. The standard InChI is InChI=1S/C19H20N4O/c1-13-6-7-17-15(11-13)12-16(14(2)23-17)19(24)22-10-9-21-18-5-3-4-8-20-18/h3-8,11-12H,9-10H2,1-2H3,(H,20,21)(H,22,24). The van der Waals surface area contributed by atoms with E-state index in [0.29, 0.717) is 18.7 Å². The van der Waals surface area contributed by atoms with E-state index in [1.54, 1.807) is 6.20 Å². The van der Waals surface area contributed by atoms with Gasteiger partial charge in [-0.05, 0) is 44.2 Å². The molecule has 5 nitrogen and oxygen atoms in total. The zero-order chi connectivity index (χ0) is 16.9. The summed E-state index contributed by atoms with van der Waals surface area (Å²) >= 11 is 0. The van der Waals surface area contributed by atoms with Crippen LogP contribution in [0.15, 0.2) is 48.7 Å². The number of nitrogens with zero attached hydrogens (tertiary/aromatic N) is 2. The van der Waals surface area contributed by atoms with Crippen molar-refractivity contribution in [1.82, 2.24) is 15.3 Å². The number of hydrogen-bond acceptors (Lipinski definition) is 4. The maximum atomic E-state index is 12.4. The van der Waals surface area contributed by atoms with Gasteiger partial charge >= 0.3 is 0 Å². The van der Waals surface area contributed by atoms with Crippen molar-refractivity contribution in [3.8, 4) is 0 Å². The van der Waals surface area contributed by atoms with Crippen molar-refractivity contribution in [1.29, 1.82) is 0 Å². The van der Waals surface area contributed by atoms with Crippen LogP contribution in [0.5, 0.6) is 0 Å². The van der Waals surface area contributed by atoms with Gasteiger partial charge in [-0.1, -0.05) is 17.7 Å². The molecule has 122 valence electrons. The highest BCUT2D eigenvalue weighted by Crippen LogP contribution is 2.18. The SMILES string of the molecule is Cc1ccc2nc(C)c(C(=O)NCCNc3ccccn3)cc2c1. The number of benzene rings is 1. The number of carbonyl (C=O) groups is 1. The Kier molecular flexibility index (Phi) is 4.70. The van der Waals surface area contributed by atoms with Crippen molar-refractivity contribution in [2.75, 3.05) is 18.4 Å². The summed E-state index contributed by atoms with van der Waals surface area (Å²) in [6.45, 7) is 5.02. The molecule has 1 aromatic carbocycles. The molecule has 0 saturated carbocycles. The monoisotopic (exact) mass is 320 g/mol. The third-order valence-corrected chi connectivity index (χ3v) is 3.79. The molecule has 0 bridgehead atoms. The van der Waals surface area contributed by atoms with Crippen LogP contribution in [0.2, 0.25) is 0 Å². The van der Waals surface area contributed by atoms with Crippen molar-refractivity contribution in [2.24, 2.45) is 0 Å². The van der Waals surface area contributed by atoms with Crippen LogP contribution in [0.25, 0.3) is 10.9 Å². The van der Waals surface area contributed by atoms with Crippen molar-refractivity contribution < 1.29 is 4.79 Å². The molecule has 0 radical (unpaired) electrons. The average Bonchev–Trinajstić information content (AvgIpc) is 2.59. The highest BCUT2D eigenvalue weighted by Gasteiger charge is 2.11. The number of rotatable bonds is 5. The number of aryl methyl sites for hydroxylation is 2. The molecular formula is C19H20N4O. The fourth-order valence-corrected chi connectivity index (χ4v) is 2.55. The summed E-state index contributed by atoms with van der Waals surface area (Å²) < 4.78 is 0. The lowest BCUT2D eigenvalue weighted by Crippen LogP contribution is -2.29. The van der Waals surface area contributed by atoms with Crippen LogP contribution in [0.4, 0.5) is 5.82 Å². The molecule has 0 aliphatic rings. The van der Waals surface area contributed by atoms with Crippen molar-refractivity contribution in [3.63, 3.8) is 0 Å². The van der Waals surface area contributed by atoms with Gasteiger partial charge in [0.15, 0.2) is 0 Å². The second-order valence-electron chi connectivity index (χ2n) is 5.72. The molecule has 3 rings (SSSR count). The summed E-state index contributed by atoms with van der Waals surface area (Å²) in [5.41, 5.74) is 3.41. The molecule has 2 aromatic heterocycles. The predicted molar refractivity (Wildman–Crippen MR) is 96.3 cm³/mol. The van der Waals surface area contributed by atoms with E-state index in [0.717, 1.165) is 28.0 Å². The van der Waals surface area contributed by atoms with Crippen molar-refractivity contribution >= 4 is 22.6 Å². The van der Waals surface area contributed by atoms with E-state index < -0.39 is 0 Å². The summed E-state index contributed by atoms with van der Waals surface area (Å²) in [6, 6.07) is 13.6. The molecule has 0 atom stereocenters. The molecule has 0 aliphatic carbocycles. The number of pyridine rings is 2. The Bertz CT molecular complexity index is 862. The van der Waals surface area contributed by atoms with Gasteiger partial charge in [0.05, 0.1) is 16.8 Å². The maximum Gasteiger partial charge on any atom is 0.253 e. The van der Waals surface area contributed by atoms with Gasteiger partial charge < -0.3 is 10.6 Å². The Morgan fingerprint density at radius 1 is 1.08 bits per heavy atom. The fraction of sp³-hybridized carbons (Fsp3) is 0.211. The zero-order valence-electron chi connectivity index (χ0n) is 13.8. The first-order valence-electron chi connectivity index (χ1n) is 7.94. The molecule has 0 unspecified atom stereocenters. The minimum atomic E-state index is -0.105. The Labute approximate surface area is 141 Å². The number of aromatic nitrogens is 2. The van der Waals surface area contributed by atoms with Crippen molar-refractivity contribution in [2.45, 2.75) is 13.8 Å². The third kappa shape index (κ3) is 3.68. The topological polar surface area (TPSA) is 66.9 Å². The summed E-state index contributed by atoms with van der Waals surface area (Å²) in [4.78, 5) is 21.1. The second-order valence-corrected chi connectivity index (χ2v) is 5.72. The van der Waals surface area contributed by atoms with Crippen LogP contribution in [0, 0.1) is 13.8 Å². The lowest BCUT2D eigenvalue weighted by molar-refractivity contribution is 0.0954. The molecular weight excluding hydrogens is 300 g/mol. The molecule has 0 aliphatic heterocycles. The van der Waals surface area contributed by atoms with Gasteiger partial charge in [0.2, 0.25) is 0 Å². The molecule has 24 heavy (non-hydrogen) atoms. The minimum absolute atomic E-state index is 0.105. The Morgan fingerprint density at radius 2 is 1.96 bits per heavy atom. The first-order chi connectivity index (χ1) is 11.6. The van der Waals surface area contributed by atoms with Gasteiger partial charge in [-0.15, -0.1) is 0 Å². The summed E-state index contributed by atoms with van der Waals surface area (Å²) in [7, 11) is 0. The van der Waals surface area contributed by atoms with E-state index >= 15 is 0 Å². The molecule has 0 saturated heterocycles. The van der Waals surface area contributed by atoms with Crippen LogP contribution >= 0.6 is 0 Å². The molecule has 5 heteroatoms. The van der Waals surface area contributed by atoms with Gasteiger partial charge in [0.1, 0.15) is 5.82 Å². The lowest BCUT2D eigenvalue weighted by Gasteiger charge is -2.10. The van der Waals surface area contributed by atoms with Crippen LogP contribution < -0.4 is 10.6 Å². The zero-order valence-corrected chi connectivity index (χ0v) is 13.8. The van der Waals surface area contributed by atoms with E-state index in [9.17, 15) is 4.79 Å². The van der Waals surface area contributed by atoms with Gasteiger partial charge in [0.25, 0.3) is 5.91 Å². The summed E-state index contributed by atoms with van der Waals surface area (Å²) in [5.74, 6) is 0.692. The van der Waals surface area contributed by atoms with Gasteiger partial charge in [-0.3, -0.25) is 9.78 Å². The predicted octanol–water partition coefficient (Wildman–Crippen LogP) is 3.09. The highest BCUT2D eigenvalue weighted by atomic mass is 16.1. The van der Waals surface area contributed by atoms with Gasteiger partial charge in [0, 0.05) is 24.7 Å². The second kappa shape index (κ2) is 7.08. The van der Waals surface area contributed by atoms with Gasteiger partial charge in [-0.25, -0.2) is 4.98 Å². The number of carbonyl (C=O) groups excluding carboxylic acids is 1. The van der Waals surface area contributed by atoms with E-state index in [1.165, 1.54) is 0 Å². The van der Waals surface area contributed by atoms with Crippen LogP contribution in [-0.2, 0) is 0 Å². The molecule has 0 spiro atoms. The summed E-state index contributed by atoms with van der Waals surface area (Å²) in [6.07, 6.45) is 1.73. The molecule has 0 fully saturated rings. The van der Waals surface area contributed by atoms with E-state index in [2.05, 4.69) is 20.6 Å². The number of nitrogens with one attached hydrogen (secondary N) is 2. The first-order valence-corrected chi connectivity index (χ1v) is 7.94. The largest absolute Gasteiger partial charge is 0.368 e. The van der Waals surface area contributed by atoms with E-state index in [-0.39, 0.29) is 5.91 Å². The smallest absolute Gasteiger partial charge is 0.253 e.